The van der Waals surface area contributed by atoms with E-state index in [2.05, 4.69) is 4.98 Å². The quantitative estimate of drug-likeness (QED) is 0.290. The minimum absolute atomic E-state index is 0.0172. The van der Waals surface area contributed by atoms with Crippen molar-refractivity contribution in [3.8, 4) is 22.4 Å². The molecular weight excluding hydrogens is 491 g/mol. The molecule has 1 aromatic heterocycles. The second kappa shape index (κ2) is 8.65. The first-order valence-electron chi connectivity index (χ1n) is 9.63. The predicted molar refractivity (Wildman–Crippen MR) is 112 cm³/mol. The Morgan fingerprint density at radius 1 is 0.912 bits per heavy atom. The van der Waals surface area contributed by atoms with Crippen molar-refractivity contribution < 1.29 is 40.3 Å². The Bertz CT molecular complexity index is 1210. The van der Waals surface area contributed by atoms with Crippen LogP contribution in [0, 0.1) is 13.8 Å². The van der Waals surface area contributed by atoms with Crippen molar-refractivity contribution in [3.63, 3.8) is 0 Å². The summed E-state index contributed by atoms with van der Waals surface area (Å²) in [5, 5.41) is 0.128. The lowest BCUT2D eigenvalue weighted by Crippen LogP contribution is -2.50. The van der Waals surface area contributed by atoms with E-state index in [1.165, 1.54) is 39.3 Å². The van der Waals surface area contributed by atoms with Crippen LogP contribution < -0.4 is 0 Å². The summed E-state index contributed by atoms with van der Waals surface area (Å²) in [6, 6.07) is 7.16. The number of hydrogen-bond donors (Lipinski definition) is 1. The molecule has 0 spiro atoms. The molecule has 0 aliphatic carbocycles. The van der Waals surface area contributed by atoms with Gasteiger partial charge in [0.15, 0.2) is 0 Å². The van der Waals surface area contributed by atoms with Crippen LogP contribution in [0.4, 0.5) is 30.7 Å². The lowest BCUT2D eigenvalue weighted by atomic mass is 9.87. The average Bonchev–Trinajstić information content (AvgIpc) is 3.20. The van der Waals surface area contributed by atoms with Crippen LogP contribution >= 0.6 is 11.6 Å². The second-order valence-electron chi connectivity index (χ2n) is 7.59. The van der Waals surface area contributed by atoms with Crippen LogP contribution in [0.15, 0.2) is 42.6 Å². The number of halogens is 8. The maximum absolute atomic E-state index is 14.6. The highest BCUT2D eigenvalue weighted by atomic mass is 35.5. The molecule has 0 bridgehead atoms. The second-order valence-corrected chi connectivity index (χ2v) is 8.00. The predicted octanol–water partition coefficient (Wildman–Crippen LogP) is 7.69. The van der Waals surface area contributed by atoms with Gasteiger partial charge in [0.25, 0.3) is 0 Å². The smallest absolute Gasteiger partial charge is 0.435 e. The molecule has 0 unspecified atom stereocenters. The van der Waals surface area contributed by atoms with Crippen molar-refractivity contribution in [1.82, 2.24) is 4.98 Å². The molecule has 0 atom stereocenters. The molecule has 182 valence electrons. The molecule has 3 aromatic rings. The number of aromatic nitrogens is 1. The fourth-order valence-corrected chi connectivity index (χ4v) is 4.02. The van der Waals surface area contributed by atoms with Crippen LogP contribution in [0.2, 0.25) is 5.02 Å². The maximum Gasteiger partial charge on any atom is 0.435 e. The largest absolute Gasteiger partial charge is 0.465 e. The van der Waals surface area contributed by atoms with Gasteiger partial charge in [0.2, 0.25) is 0 Å². The Balaban J connectivity index is 2.19. The molecule has 3 rings (SSSR count). The van der Waals surface area contributed by atoms with Gasteiger partial charge in [-0.3, -0.25) is 0 Å². The topological polar surface area (TPSA) is 42.1 Å². The zero-order valence-electron chi connectivity index (χ0n) is 17.9. The molecule has 0 saturated heterocycles. The van der Waals surface area contributed by atoms with Gasteiger partial charge in [-0.1, -0.05) is 29.8 Å². The number of benzene rings is 2. The number of rotatable bonds is 4. The molecule has 11 heteroatoms. The molecule has 0 saturated carbocycles. The van der Waals surface area contributed by atoms with E-state index in [4.69, 9.17) is 16.3 Å². The molecule has 1 N–H and O–H groups in total. The number of hydrogen-bond acceptors (Lipinski definition) is 2. The highest BCUT2D eigenvalue weighted by Crippen LogP contribution is 2.54. The van der Waals surface area contributed by atoms with E-state index in [1.807, 2.05) is 0 Å². The average molecular weight is 508 g/mol. The van der Waals surface area contributed by atoms with Crippen LogP contribution in [0.5, 0.6) is 0 Å². The summed E-state index contributed by atoms with van der Waals surface area (Å²) in [7, 11) is 1.17. The monoisotopic (exact) mass is 507 g/mol. The number of methoxy groups -OCH3 is 1. The number of H-pyrrole nitrogens is 1. The van der Waals surface area contributed by atoms with Crippen LogP contribution in [-0.4, -0.2) is 30.4 Å². The highest BCUT2D eigenvalue weighted by Gasteiger charge is 2.73. The van der Waals surface area contributed by atoms with Crippen molar-refractivity contribution in [3.05, 3.63) is 69.9 Å². The maximum atomic E-state index is 14.6. The SMILES string of the molecule is COC(=O)c1cc(-c2cc[nH]c2-c2c(C)cc(C(F)(C(F)(F)F)C(F)(F)F)cc2C)ccc1Cl. The number of nitrogens with one attached hydrogen (secondary N) is 1. The van der Waals surface area contributed by atoms with Crippen molar-refractivity contribution in [1.29, 1.82) is 0 Å². The zero-order valence-corrected chi connectivity index (χ0v) is 18.6. The minimum atomic E-state index is -6.21. The van der Waals surface area contributed by atoms with Crippen LogP contribution in [0.3, 0.4) is 0 Å². The molecule has 34 heavy (non-hydrogen) atoms. The van der Waals surface area contributed by atoms with Crippen molar-refractivity contribution in [2.75, 3.05) is 7.11 Å². The fourth-order valence-electron chi connectivity index (χ4n) is 3.82. The van der Waals surface area contributed by atoms with Crippen LogP contribution in [0.1, 0.15) is 27.0 Å². The number of aromatic amines is 1. The first kappa shape index (κ1) is 25.6. The van der Waals surface area contributed by atoms with Gasteiger partial charge >= 0.3 is 24.0 Å². The van der Waals surface area contributed by atoms with E-state index < -0.39 is 29.6 Å². The first-order chi connectivity index (χ1) is 15.6. The van der Waals surface area contributed by atoms with E-state index in [0.29, 0.717) is 29.0 Å². The fraction of sp³-hybridized carbons (Fsp3) is 0.261. The third-order valence-electron chi connectivity index (χ3n) is 5.39. The number of ether oxygens (including phenoxy) is 1. The number of carbonyl (C=O) groups excluding carboxylic acids is 1. The van der Waals surface area contributed by atoms with Gasteiger partial charge in [0.1, 0.15) is 0 Å². The number of esters is 1. The molecule has 2 aromatic carbocycles. The molecule has 0 fully saturated rings. The summed E-state index contributed by atoms with van der Waals surface area (Å²) < 4.78 is 98.6. The number of carbonyl (C=O) groups is 1. The van der Waals surface area contributed by atoms with Gasteiger partial charge in [-0.15, -0.1) is 0 Å². The van der Waals surface area contributed by atoms with E-state index in [-0.39, 0.29) is 27.3 Å². The molecule has 3 nitrogen and oxygen atoms in total. The Morgan fingerprint density at radius 3 is 1.97 bits per heavy atom. The Labute approximate surface area is 194 Å². The third-order valence-corrected chi connectivity index (χ3v) is 5.72. The molecule has 0 aliphatic rings. The highest BCUT2D eigenvalue weighted by molar-refractivity contribution is 6.33. The first-order valence-corrected chi connectivity index (χ1v) is 10.0. The summed E-state index contributed by atoms with van der Waals surface area (Å²) in [5.74, 6) is -0.695. The Hall–Kier alpha value is -3.01. The molecular formula is C23H17ClF7NO2. The van der Waals surface area contributed by atoms with Gasteiger partial charge in [-0.25, -0.2) is 9.18 Å². The molecule has 0 radical (unpaired) electrons. The van der Waals surface area contributed by atoms with Gasteiger partial charge in [0, 0.05) is 22.9 Å². The van der Waals surface area contributed by atoms with Crippen LogP contribution in [0.25, 0.3) is 22.4 Å². The summed E-state index contributed by atoms with van der Waals surface area (Å²) in [6.45, 7) is 2.57. The lowest BCUT2D eigenvalue weighted by molar-refractivity contribution is -0.348. The Kier molecular flexibility index (Phi) is 6.51. The Morgan fingerprint density at radius 2 is 1.47 bits per heavy atom. The zero-order chi connectivity index (χ0) is 25.6. The normalized spacial score (nSPS) is 12.7. The molecule has 0 aliphatic heterocycles. The molecule has 0 amide bonds. The summed E-state index contributed by atoms with van der Waals surface area (Å²) in [4.78, 5) is 14.9. The van der Waals surface area contributed by atoms with E-state index in [9.17, 15) is 35.5 Å². The number of alkyl halides is 7. The van der Waals surface area contributed by atoms with Crippen LogP contribution in [-0.2, 0) is 10.4 Å². The van der Waals surface area contributed by atoms with Gasteiger partial charge in [-0.2, -0.15) is 26.3 Å². The van der Waals surface area contributed by atoms with Crippen molar-refractivity contribution in [2.45, 2.75) is 31.9 Å². The summed E-state index contributed by atoms with van der Waals surface area (Å²) in [6.07, 6.45) is -10.9. The number of aryl methyl sites for hydroxylation is 2. The third kappa shape index (κ3) is 4.15. The summed E-state index contributed by atoms with van der Waals surface area (Å²) >= 11 is 6.04. The minimum Gasteiger partial charge on any atom is -0.465 e. The molecule has 1 heterocycles. The van der Waals surface area contributed by atoms with Gasteiger partial charge in [0.05, 0.1) is 23.4 Å². The van der Waals surface area contributed by atoms with Crippen molar-refractivity contribution >= 4 is 17.6 Å². The standard InChI is InChI=1S/C23H17ClF7NO2/c1-11-8-14(21(25,22(26,27)28)23(29,30)31)9-12(2)18(11)19-15(6-7-32-19)13-4-5-17(24)16(10-13)20(33)34-3/h4-10,32H,1-3H3. The van der Waals surface area contributed by atoms with E-state index in [1.54, 1.807) is 12.1 Å². The van der Waals surface area contributed by atoms with Gasteiger partial charge < -0.3 is 9.72 Å². The van der Waals surface area contributed by atoms with Gasteiger partial charge in [-0.05, 0) is 48.7 Å². The summed E-state index contributed by atoms with van der Waals surface area (Å²) in [5.41, 5.74) is -5.46. The van der Waals surface area contributed by atoms with E-state index in [0.717, 1.165) is 0 Å². The lowest BCUT2D eigenvalue weighted by Gasteiger charge is -2.31. The van der Waals surface area contributed by atoms with Crippen molar-refractivity contribution in [2.24, 2.45) is 0 Å². The van der Waals surface area contributed by atoms with E-state index >= 15 is 0 Å².